The van der Waals surface area contributed by atoms with Gasteiger partial charge in [-0.05, 0) is 46.1 Å². The third-order valence-electron chi connectivity index (χ3n) is 2.93. The second-order valence-corrected chi connectivity index (χ2v) is 5.91. The predicted octanol–water partition coefficient (Wildman–Crippen LogP) is 2.96. The Balaban J connectivity index is 2.44. The van der Waals surface area contributed by atoms with Crippen LogP contribution in [0.5, 0.6) is 0 Å². The summed E-state index contributed by atoms with van der Waals surface area (Å²) in [6.45, 7) is 7.19. The second kappa shape index (κ2) is 6.71. The third kappa shape index (κ3) is 5.88. The van der Waals surface area contributed by atoms with Crippen LogP contribution in [0, 0.1) is 5.92 Å². The Morgan fingerprint density at radius 1 is 1.26 bits per heavy atom. The van der Waals surface area contributed by atoms with E-state index in [9.17, 15) is 9.90 Å². The molecule has 0 radical (unpaired) electrons. The first-order chi connectivity index (χ1) is 8.79. The van der Waals surface area contributed by atoms with Crippen molar-refractivity contribution in [3.05, 3.63) is 35.9 Å². The molecule has 0 aromatic heterocycles. The highest BCUT2D eigenvalue weighted by molar-refractivity contribution is 5.73. The molecule has 0 aliphatic carbocycles. The van der Waals surface area contributed by atoms with Gasteiger partial charge in [0.2, 0.25) is 0 Å². The van der Waals surface area contributed by atoms with Gasteiger partial charge in [-0.2, -0.15) is 0 Å². The summed E-state index contributed by atoms with van der Waals surface area (Å²) in [5, 5.41) is 10.0. The highest BCUT2D eigenvalue weighted by atomic mass is 16.6. The molecule has 0 fully saturated rings. The molecule has 1 rings (SSSR count). The van der Waals surface area contributed by atoms with E-state index < -0.39 is 17.6 Å². The van der Waals surface area contributed by atoms with Crippen molar-refractivity contribution in [2.45, 2.75) is 52.2 Å². The summed E-state index contributed by atoms with van der Waals surface area (Å²) >= 11 is 0. The highest BCUT2D eigenvalue weighted by Crippen LogP contribution is 2.16. The van der Waals surface area contributed by atoms with E-state index in [1.165, 1.54) is 0 Å². The molecule has 106 valence electrons. The fourth-order valence-corrected chi connectivity index (χ4v) is 1.76. The number of esters is 1. The van der Waals surface area contributed by atoms with E-state index in [2.05, 4.69) is 0 Å². The topological polar surface area (TPSA) is 46.5 Å². The standard InChI is InChI=1S/C16H24O3/c1-12(15(18)19-16(2,3)4)14(17)11-10-13-8-6-5-7-9-13/h5-9,12,14,17H,10-11H2,1-4H3/t12-,14-/m0/s1. The molecule has 1 aromatic rings. The normalized spacial score (nSPS) is 14.8. The Hall–Kier alpha value is -1.35. The summed E-state index contributed by atoms with van der Waals surface area (Å²) < 4.78 is 5.27. The van der Waals surface area contributed by atoms with Crippen LogP contribution in [0.3, 0.4) is 0 Å². The number of hydrogen-bond donors (Lipinski definition) is 1. The van der Waals surface area contributed by atoms with Crippen LogP contribution in [0.4, 0.5) is 0 Å². The predicted molar refractivity (Wildman–Crippen MR) is 75.8 cm³/mol. The van der Waals surface area contributed by atoms with Gasteiger partial charge in [0.25, 0.3) is 0 Å². The summed E-state index contributed by atoms with van der Waals surface area (Å²) in [7, 11) is 0. The number of aryl methyl sites for hydroxylation is 1. The zero-order valence-electron chi connectivity index (χ0n) is 12.2. The van der Waals surface area contributed by atoms with Crippen LogP contribution in [0.1, 0.15) is 39.7 Å². The molecule has 0 heterocycles. The van der Waals surface area contributed by atoms with E-state index in [0.717, 1.165) is 12.0 Å². The summed E-state index contributed by atoms with van der Waals surface area (Å²) in [6.07, 6.45) is 0.648. The van der Waals surface area contributed by atoms with Crippen molar-refractivity contribution in [2.24, 2.45) is 5.92 Å². The summed E-state index contributed by atoms with van der Waals surface area (Å²) in [5.74, 6) is -0.837. The maximum absolute atomic E-state index is 11.8. The summed E-state index contributed by atoms with van der Waals surface area (Å²) in [5.41, 5.74) is 0.655. The van der Waals surface area contributed by atoms with Gasteiger partial charge in [0.15, 0.2) is 0 Å². The molecule has 0 saturated carbocycles. The van der Waals surface area contributed by atoms with E-state index in [1.54, 1.807) is 6.92 Å². The lowest BCUT2D eigenvalue weighted by Crippen LogP contribution is -2.33. The van der Waals surface area contributed by atoms with Gasteiger partial charge in [0.1, 0.15) is 5.60 Å². The van der Waals surface area contributed by atoms with Crippen LogP contribution in [0.2, 0.25) is 0 Å². The maximum atomic E-state index is 11.8. The number of aliphatic hydroxyl groups is 1. The van der Waals surface area contributed by atoms with Gasteiger partial charge in [-0.3, -0.25) is 4.79 Å². The van der Waals surface area contributed by atoms with Gasteiger partial charge >= 0.3 is 5.97 Å². The number of benzene rings is 1. The summed E-state index contributed by atoms with van der Waals surface area (Å²) in [4.78, 5) is 11.8. The number of rotatable bonds is 5. The second-order valence-electron chi connectivity index (χ2n) is 5.91. The molecular weight excluding hydrogens is 240 g/mol. The molecule has 19 heavy (non-hydrogen) atoms. The molecule has 0 bridgehead atoms. The number of carbonyl (C=O) groups excluding carboxylic acids is 1. The van der Waals surface area contributed by atoms with E-state index >= 15 is 0 Å². The molecule has 0 aliphatic heterocycles. The van der Waals surface area contributed by atoms with Crippen molar-refractivity contribution >= 4 is 5.97 Å². The van der Waals surface area contributed by atoms with E-state index in [-0.39, 0.29) is 5.97 Å². The molecular formula is C16H24O3. The van der Waals surface area contributed by atoms with Crippen molar-refractivity contribution < 1.29 is 14.6 Å². The number of ether oxygens (including phenoxy) is 1. The molecule has 0 saturated heterocycles. The fraction of sp³-hybridized carbons (Fsp3) is 0.562. The Bertz CT molecular complexity index is 392. The molecule has 0 aliphatic rings. The third-order valence-corrected chi connectivity index (χ3v) is 2.93. The first-order valence-corrected chi connectivity index (χ1v) is 6.74. The lowest BCUT2D eigenvalue weighted by molar-refractivity contribution is -0.163. The van der Waals surface area contributed by atoms with Crippen LogP contribution in [-0.2, 0) is 16.0 Å². The zero-order chi connectivity index (χ0) is 14.5. The van der Waals surface area contributed by atoms with Gasteiger partial charge < -0.3 is 9.84 Å². The first kappa shape index (κ1) is 15.7. The minimum absolute atomic E-state index is 0.340. The largest absolute Gasteiger partial charge is 0.460 e. The quantitative estimate of drug-likeness (QED) is 0.832. The number of hydrogen-bond acceptors (Lipinski definition) is 3. The van der Waals surface area contributed by atoms with Crippen molar-refractivity contribution in [2.75, 3.05) is 0 Å². The average Bonchev–Trinajstić information content (AvgIpc) is 2.34. The Morgan fingerprint density at radius 2 is 1.84 bits per heavy atom. The Labute approximate surface area is 115 Å². The van der Waals surface area contributed by atoms with E-state index in [0.29, 0.717) is 6.42 Å². The van der Waals surface area contributed by atoms with Gasteiger partial charge in [0, 0.05) is 0 Å². The molecule has 3 heteroatoms. The highest BCUT2D eigenvalue weighted by Gasteiger charge is 2.26. The van der Waals surface area contributed by atoms with Crippen LogP contribution >= 0.6 is 0 Å². The van der Waals surface area contributed by atoms with Crippen LogP contribution in [0.15, 0.2) is 30.3 Å². The van der Waals surface area contributed by atoms with E-state index in [1.807, 2.05) is 51.1 Å². The smallest absolute Gasteiger partial charge is 0.311 e. The molecule has 0 amide bonds. The average molecular weight is 264 g/mol. The number of carbonyl (C=O) groups is 1. The van der Waals surface area contributed by atoms with Crippen molar-refractivity contribution in [1.29, 1.82) is 0 Å². The zero-order valence-corrected chi connectivity index (χ0v) is 12.2. The van der Waals surface area contributed by atoms with E-state index in [4.69, 9.17) is 4.74 Å². The minimum atomic E-state index is -0.671. The van der Waals surface area contributed by atoms with Crippen LogP contribution in [0.25, 0.3) is 0 Å². The van der Waals surface area contributed by atoms with Crippen molar-refractivity contribution in [3.8, 4) is 0 Å². The van der Waals surface area contributed by atoms with Gasteiger partial charge in [-0.1, -0.05) is 30.3 Å². The maximum Gasteiger partial charge on any atom is 0.311 e. The lowest BCUT2D eigenvalue weighted by Gasteiger charge is -2.24. The molecule has 1 aromatic carbocycles. The Kier molecular flexibility index (Phi) is 5.55. The summed E-state index contributed by atoms with van der Waals surface area (Å²) in [6, 6.07) is 9.94. The molecule has 3 nitrogen and oxygen atoms in total. The van der Waals surface area contributed by atoms with Crippen molar-refractivity contribution in [1.82, 2.24) is 0 Å². The minimum Gasteiger partial charge on any atom is -0.460 e. The monoisotopic (exact) mass is 264 g/mol. The molecule has 2 atom stereocenters. The van der Waals surface area contributed by atoms with Crippen molar-refractivity contribution in [3.63, 3.8) is 0 Å². The molecule has 0 unspecified atom stereocenters. The van der Waals surface area contributed by atoms with Crippen LogP contribution in [-0.4, -0.2) is 22.8 Å². The van der Waals surface area contributed by atoms with Gasteiger partial charge in [0.05, 0.1) is 12.0 Å². The van der Waals surface area contributed by atoms with Gasteiger partial charge in [-0.25, -0.2) is 0 Å². The molecule has 0 spiro atoms. The lowest BCUT2D eigenvalue weighted by atomic mass is 9.97. The van der Waals surface area contributed by atoms with Gasteiger partial charge in [-0.15, -0.1) is 0 Å². The fourth-order valence-electron chi connectivity index (χ4n) is 1.76. The molecule has 1 N–H and O–H groups in total. The SMILES string of the molecule is C[C@H](C(=O)OC(C)(C)C)[C@@H](O)CCc1ccccc1. The number of aliphatic hydroxyl groups excluding tert-OH is 1. The Morgan fingerprint density at radius 3 is 2.37 bits per heavy atom. The first-order valence-electron chi connectivity index (χ1n) is 6.74. The van der Waals surface area contributed by atoms with Crippen LogP contribution < -0.4 is 0 Å².